The number of ether oxygens (including phenoxy) is 1. The van der Waals surface area contributed by atoms with E-state index in [0.717, 1.165) is 0 Å². The standard InChI is InChI=1S/C12H13N3O3S/c1-8-11(18-10-3-2-4-15-7-10)5-9(13)6-12(8)19(14,16)17/h2-7H,13H2,1H3,(H2,14,16,17). The number of pyridine rings is 1. The molecular weight excluding hydrogens is 266 g/mol. The highest BCUT2D eigenvalue weighted by molar-refractivity contribution is 7.89. The van der Waals surface area contributed by atoms with Crippen molar-refractivity contribution >= 4 is 15.7 Å². The topological polar surface area (TPSA) is 108 Å². The van der Waals surface area contributed by atoms with Gasteiger partial charge in [0.15, 0.2) is 0 Å². The van der Waals surface area contributed by atoms with Crippen molar-refractivity contribution in [1.29, 1.82) is 0 Å². The van der Waals surface area contributed by atoms with Gasteiger partial charge >= 0.3 is 0 Å². The zero-order valence-electron chi connectivity index (χ0n) is 10.2. The molecule has 6 nitrogen and oxygen atoms in total. The lowest BCUT2D eigenvalue weighted by molar-refractivity contribution is 0.474. The minimum absolute atomic E-state index is 0.0496. The van der Waals surface area contributed by atoms with Gasteiger partial charge in [-0.25, -0.2) is 13.6 Å². The predicted octanol–water partition coefficient (Wildman–Crippen LogP) is 1.41. The highest BCUT2D eigenvalue weighted by Gasteiger charge is 2.16. The van der Waals surface area contributed by atoms with E-state index in [-0.39, 0.29) is 10.6 Å². The van der Waals surface area contributed by atoms with Gasteiger partial charge in [-0.05, 0) is 25.1 Å². The first-order valence-corrected chi connectivity index (χ1v) is 6.93. The lowest BCUT2D eigenvalue weighted by Crippen LogP contribution is -2.14. The van der Waals surface area contributed by atoms with Crippen LogP contribution in [0.25, 0.3) is 0 Å². The first-order chi connectivity index (χ1) is 8.88. The molecule has 2 aromatic rings. The quantitative estimate of drug-likeness (QED) is 0.826. The van der Waals surface area contributed by atoms with Crippen LogP contribution >= 0.6 is 0 Å². The number of rotatable bonds is 3. The van der Waals surface area contributed by atoms with Crippen LogP contribution in [0.5, 0.6) is 11.5 Å². The number of primary sulfonamides is 1. The molecule has 0 fully saturated rings. The Bertz CT molecular complexity index is 700. The van der Waals surface area contributed by atoms with Gasteiger partial charge in [-0.15, -0.1) is 0 Å². The SMILES string of the molecule is Cc1c(Oc2cccnc2)cc(N)cc1S(N)(=O)=O. The molecule has 0 amide bonds. The van der Waals surface area contributed by atoms with E-state index < -0.39 is 10.0 Å². The minimum Gasteiger partial charge on any atom is -0.455 e. The maximum atomic E-state index is 11.5. The van der Waals surface area contributed by atoms with Gasteiger partial charge in [0, 0.05) is 23.5 Å². The Morgan fingerprint density at radius 3 is 2.63 bits per heavy atom. The fraction of sp³-hybridized carbons (Fsp3) is 0.0833. The molecule has 0 aliphatic rings. The van der Waals surface area contributed by atoms with Gasteiger partial charge in [-0.1, -0.05) is 0 Å². The fourth-order valence-corrected chi connectivity index (χ4v) is 2.45. The van der Waals surface area contributed by atoms with Crippen molar-refractivity contribution in [2.75, 3.05) is 5.73 Å². The van der Waals surface area contributed by atoms with Crippen molar-refractivity contribution in [3.05, 3.63) is 42.2 Å². The van der Waals surface area contributed by atoms with Crippen LogP contribution in [0, 0.1) is 6.92 Å². The number of anilines is 1. The molecule has 0 aliphatic carbocycles. The van der Waals surface area contributed by atoms with Gasteiger partial charge in [0.1, 0.15) is 11.5 Å². The van der Waals surface area contributed by atoms with E-state index in [9.17, 15) is 8.42 Å². The summed E-state index contributed by atoms with van der Waals surface area (Å²) < 4.78 is 28.5. The number of hydrogen-bond acceptors (Lipinski definition) is 5. The molecule has 100 valence electrons. The largest absolute Gasteiger partial charge is 0.455 e. The van der Waals surface area contributed by atoms with Crippen molar-refractivity contribution < 1.29 is 13.2 Å². The van der Waals surface area contributed by atoms with Crippen LogP contribution < -0.4 is 15.6 Å². The van der Waals surface area contributed by atoms with E-state index in [0.29, 0.717) is 17.1 Å². The normalized spacial score (nSPS) is 11.3. The first-order valence-electron chi connectivity index (χ1n) is 5.39. The van der Waals surface area contributed by atoms with Gasteiger partial charge in [-0.2, -0.15) is 0 Å². The van der Waals surface area contributed by atoms with E-state index in [1.165, 1.54) is 18.3 Å². The van der Waals surface area contributed by atoms with Crippen LogP contribution in [-0.2, 0) is 10.0 Å². The second kappa shape index (κ2) is 4.87. The monoisotopic (exact) mass is 279 g/mol. The Hall–Kier alpha value is -2.12. The zero-order valence-corrected chi connectivity index (χ0v) is 11.0. The Labute approximate surface area is 111 Å². The molecule has 0 aliphatic heterocycles. The van der Waals surface area contributed by atoms with E-state index in [1.54, 1.807) is 25.3 Å². The maximum absolute atomic E-state index is 11.5. The number of sulfonamides is 1. The van der Waals surface area contributed by atoms with Crippen LogP contribution in [0.15, 0.2) is 41.6 Å². The first kappa shape index (κ1) is 13.3. The van der Waals surface area contributed by atoms with Gasteiger partial charge < -0.3 is 10.5 Å². The molecule has 0 radical (unpaired) electrons. The summed E-state index contributed by atoms with van der Waals surface area (Å²) >= 11 is 0. The van der Waals surface area contributed by atoms with E-state index in [2.05, 4.69) is 4.98 Å². The van der Waals surface area contributed by atoms with Crippen LogP contribution in [0.3, 0.4) is 0 Å². The third-order valence-electron chi connectivity index (χ3n) is 2.50. The van der Waals surface area contributed by atoms with Crippen LogP contribution in [-0.4, -0.2) is 13.4 Å². The van der Waals surface area contributed by atoms with Crippen LogP contribution in [0.2, 0.25) is 0 Å². The summed E-state index contributed by atoms with van der Waals surface area (Å²) in [5, 5.41) is 5.14. The van der Waals surface area contributed by atoms with Crippen LogP contribution in [0.1, 0.15) is 5.56 Å². The summed E-state index contributed by atoms with van der Waals surface area (Å²) in [6.07, 6.45) is 3.12. The average Bonchev–Trinajstić information content (AvgIpc) is 2.33. The Kier molecular flexibility index (Phi) is 3.41. The molecule has 7 heteroatoms. The summed E-state index contributed by atoms with van der Waals surface area (Å²) in [5.41, 5.74) is 6.32. The lowest BCUT2D eigenvalue weighted by Gasteiger charge is -2.12. The molecule has 0 saturated heterocycles. The van der Waals surface area contributed by atoms with Gasteiger partial charge in [0.2, 0.25) is 10.0 Å². The van der Waals surface area contributed by atoms with Crippen molar-refractivity contribution in [2.24, 2.45) is 5.14 Å². The number of aromatic nitrogens is 1. The van der Waals surface area contributed by atoms with Gasteiger partial charge in [0.05, 0.1) is 11.1 Å². The number of nitrogens with zero attached hydrogens (tertiary/aromatic N) is 1. The Morgan fingerprint density at radius 2 is 2.05 bits per heavy atom. The highest BCUT2D eigenvalue weighted by atomic mass is 32.2. The minimum atomic E-state index is -3.85. The van der Waals surface area contributed by atoms with E-state index in [1.807, 2.05) is 0 Å². The molecule has 0 bridgehead atoms. The Balaban J connectivity index is 2.50. The van der Waals surface area contributed by atoms with E-state index in [4.69, 9.17) is 15.6 Å². The molecule has 4 N–H and O–H groups in total. The lowest BCUT2D eigenvalue weighted by atomic mass is 10.2. The third-order valence-corrected chi connectivity index (χ3v) is 3.54. The second-order valence-corrected chi connectivity index (χ2v) is 5.51. The van der Waals surface area contributed by atoms with Crippen molar-refractivity contribution in [1.82, 2.24) is 4.98 Å². The van der Waals surface area contributed by atoms with Crippen LogP contribution in [0.4, 0.5) is 5.69 Å². The van der Waals surface area contributed by atoms with Gasteiger partial charge in [-0.3, -0.25) is 4.98 Å². The number of benzene rings is 1. The molecular formula is C12H13N3O3S. The zero-order chi connectivity index (χ0) is 14.0. The molecule has 19 heavy (non-hydrogen) atoms. The summed E-state index contributed by atoms with van der Waals surface area (Å²) in [6, 6.07) is 6.25. The molecule has 1 heterocycles. The summed E-state index contributed by atoms with van der Waals surface area (Å²) in [7, 11) is -3.85. The maximum Gasteiger partial charge on any atom is 0.238 e. The molecule has 0 saturated carbocycles. The smallest absolute Gasteiger partial charge is 0.238 e. The highest BCUT2D eigenvalue weighted by Crippen LogP contribution is 2.31. The van der Waals surface area contributed by atoms with Crippen molar-refractivity contribution in [2.45, 2.75) is 11.8 Å². The fourth-order valence-electron chi connectivity index (χ4n) is 1.62. The molecule has 1 aromatic heterocycles. The molecule has 2 rings (SSSR count). The molecule has 0 unspecified atom stereocenters. The number of nitrogens with two attached hydrogens (primary N) is 2. The molecule has 0 spiro atoms. The van der Waals surface area contributed by atoms with E-state index >= 15 is 0 Å². The summed E-state index contributed by atoms with van der Waals surface area (Å²) in [4.78, 5) is 3.86. The average molecular weight is 279 g/mol. The predicted molar refractivity (Wildman–Crippen MR) is 71.3 cm³/mol. The van der Waals surface area contributed by atoms with Crippen molar-refractivity contribution in [3.8, 4) is 11.5 Å². The molecule has 0 atom stereocenters. The third kappa shape index (κ3) is 3.01. The number of nitrogen functional groups attached to an aromatic ring is 1. The number of hydrogen-bond donors (Lipinski definition) is 2. The summed E-state index contributed by atoms with van der Waals surface area (Å²) in [5.74, 6) is 0.814. The summed E-state index contributed by atoms with van der Waals surface area (Å²) in [6.45, 7) is 1.60. The van der Waals surface area contributed by atoms with Crippen molar-refractivity contribution in [3.63, 3.8) is 0 Å². The second-order valence-electron chi connectivity index (χ2n) is 3.98. The Morgan fingerprint density at radius 1 is 1.32 bits per heavy atom. The van der Waals surface area contributed by atoms with Gasteiger partial charge in [0.25, 0.3) is 0 Å². The molecule has 1 aromatic carbocycles.